The van der Waals surface area contributed by atoms with Crippen LogP contribution in [0.3, 0.4) is 0 Å². The number of likely N-dealkylation sites (tertiary alicyclic amines) is 2. The molecule has 130 valence electrons. The van der Waals surface area contributed by atoms with Gasteiger partial charge in [-0.25, -0.2) is 0 Å². The van der Waals surface area contributed by atoms with Gasteiger partial charge in [0, 0.05) is 42.7 Å². The van der Waals surface area contributed by atoms with E-state index in [4.69, 9.17) is 0 Å². The Morgan fingerprint density at radius 1 is 1.25 bits per heavy atom. The van der Waals surface area contributed by atoms with Gasteiger partial charge < -0.3 is 9.80 Å². The third kappa shape index (κ3) is 3.77. The number of hydrogen-bond donors (Lipinski definition) is 0. The summed E-state index contributed by atoms with van der Waals surface area (Å²) < 4.78 is 0. The number of thioether (sulfide) groups is 1. The van der Waals surface area contributed by atoms with Crippen LogP contribution in [0.1, 0.15) is 31.7 Å². The fourth-order valence-electron chi connectivity index (χ4n) is 3.56. The zero-order valence-corrected chi connectivity index (χ0v) is 15.3. The van der Waals surface area contributed by atoms with Crippen LogP contribution >= 0.6 is 11.8 Å². The predicted octanol–water partition coefficient (Wildman–Crippen LogP) is 2.95. The van der Waals surface area contributed by atoms with Gasteiger partial charge in [-0.05, 0) is 38.3 Å². The van der Waals surface area contributed by atoms with Crippen LogP contribution in [0, 0.1) is 12.8 Å². The SMILES string of the molecule is CCN1C[C@H](C(=O)N2CCC(Sc3ccccc3C)CC2)CC1=O. The average Bonchev–Trinajstić information content (AvgIpc) is 2.98. The van der Waals surface area contributed by atoms with Gasteiger partial charge in [-0.15, -0.1) is 11.8 Å². The summed E-state index contributed by atoms with van der Waals surface area (Å²) in [4.78, 5) is 29.6. The lowest BCUT2D eigenvalue weighted by Gasteiger charge is -2.33. The van der Waals surface area contributed by atoms with E-state index in [0.29, 0.717) is 24.8 Å². The predicted molar refractivity (Wildman–Crippen MR) is 97.0 cm³/mol. The Balaban J connectivity index is 1.51. The van der Waals surface area contributed by atoms with Crippen LogP contribution in [-0.2, 0) is 9.59 Å². The first-order valence-electron chi connectivity index (χ1n) is 8.87. The molecule has 2 heterocycles. The van der Waals surface area contributed by atoms with Crippen molar-refractivity contribution in [1.29, 1.82) is 0 Å². The molecule has 2 saturated heterocycles. The topological polar surface area (TPSA) is 40.6 Å². The highest BCUT2D eigenvalue weighted by molar-refractivity contribution is 8.00. The van der Waals surface area contributed by atoms with Crippen molar-refractivity contribution in [1.82, 2.24) is 9.80 Å². The van der Waals surface area contributed by atoms with Crippen LogP contribution in [0.5, 0.6) is 0 Å². The smallest absolute Gasteiger partial charge is 0.227 e. The van der Waals surface area contributed by atoms with Gasteiger partial charge in [-0.3, -0.25) is 9.59 Å². The second-order valence-electron chi connectivity index (χ2n) is 6.74. The molecule has 0 aromatic heterocycles. The van der Waals surface area contributed by atoms with E-state index in [1.54, 1.807) is 4.90 Å². The minimum atomic E-state index is -0.127. The first-order chi connectivity index (χ1) is 11.6. The summed E-state index contributed by atoms with van der Waals surface area (Å²) in [7, 11) is 0. The number of amides is 2. The molecule has 0 bridgehead atoms. The van der Waals surface area contributed by atoms with Gasteiger partial charge in [0.25, 0.3) is 0 Å². The number of carbonyl (C=O) groups excluding carboxylic acids is 2. The Labute approximate surface area is 148 Å². The van der Waals surface area contributed by atoms with Crippen molar-refractivity contribution in [2.24, 2.45) is 5.92 Å². The molecular formula is C19H26N2O2S. The van der Waals surface area contributed by atoms with E-state index in [2.05, 4.69) is 31.2 Å². The van der Waals surface area contributed by atoms with Gasteiger partial charge in [-0.2, -0.15) is 0 Å². The number of benzene rings is 1. The number of carbonyl (C=O) groups is 2. The maximum atomic E-state index is 12.7. The summed E-state index contributed by atoms with van der Waals surface area (Å²) in [5.41, 5.74) is 1.32. The highest BCUT2D eigenvalue weighted by Gasteiger charge is 2.36. The molecular weight excluding hydrogens is 320 g/mol. The van der Waals surface area contributed by atoms with Gasteiger partial charge in [0.1, 0.15) is 0 Å². The van der Waals surface area contributed by atoms with Gasteiger partial charge in [0.2, 0.25) is 11.8 Å². The summed E-state index contributed by atoms with van der Waals surface area (Å²) in [5.74, 6) is 0.178. The van der Waals surface area contributed by atoms with Crippen LogP contribution in [0.2, 0.25) is 0 Å². The standard InChI is InChI=1S/C19H26N2O2S/c1-3-20-13-15(12-18(20)22)19(23)21-10-8-16(9-11-21)24-17-7-5-4-6-14(17)2/h4-7,15-16H,3,8-13H2,1-2H3/t15-/m1/s1. The summed E-state index contributed by atoms with van der Waals surface area (Å²) in [5, 5.41) is 0.576. The lowest BCUT2D eigenvalue weighted by atomic mass is 10.0. The fourth-order valence-corrected chi connectivity index (χ4v) is 4.78. The number of aryl methyl sites for hydroxylation is 1. The highest BCUT2D eigenvalue weighted by atomic mass is 32.2. The molecule has 0 radical (unpaired) electrons. The van der Waals surface area contributed by atoms with Crippen molar-refractivity contribution < 1.29 is 9.59 Å². The van der Waals surface area contributed by atoms with Gasteiger partial charge in [0.05, 0.1) is 5.92 Å². The van der Waals surface area contributed by atoms with Crippen LogP contribution in [0.15, 0.2) is 29.2 Å². The fraction of sp³-hybridized carbons (Fsp3) is 0.579. The lowest BCUT2D eigenvalue weighted by Crippen LogP contribution is -2.43. The summed E-state index contributed by atoms with van der Waals surface area (Å²) in [6.45, 7) is 7.07. The molecule has 3 rings (SSSR count). The van der Waals surface area contributed by atoms with Crippen molar-refractivity contribution in [2.45, 2.75) is 43.3 Å². The minimum Gasteiger partial charge on any atom is -0.342 e. The van der Waals surface area contributed by atoms with Crippen LogP contribution in [0.25, 0.3) is 0 Å². The number of hydrogen-bond acceptors (Lipinski definition) is 3. The third-order valence-electron chi connectivity index (χ3n) is 5.09. The molecule has 2 amide bonds. The van der Waals surface area contributed by atoms with E-state index in [0.717, 1.165) is 25.9 Å². The van der Waals surface area contributed by atoms with E-state index in [1.165, 1.54) is 10.5 Å². The maximum Gasteiger partial charge on any atom is 0.227 e. The normalized spacial score (nSPS) is 22.2. The van der Waals surface area contributed by atoms with E-state index in [1.807, 2.05) is 23.6 Å². The Bertz CT molecular complexity index is 611. The maximum absolute atomic E-state index is 12.7. The van der Waals surface area contributed by atoms with Crippen molar-refractivity contribution in [3.05, 3.63) is 29.8 Å². The average molecular weight is 346 g/mol. The van der Waals surface area contributed by atoms with Gasteiger partial charge >= 0.3 is 0 Å². The zero-order valence-electron chi connectivity index (χ0n) is 14.5. The summed E-state index contributed by atoms with van der Waals surface area (Å²) in [6, 6.07) is 8.49. The summed E-state index contributed by atoms with van der Waals surface area (Å²) >= 11 is 1.94. The molecule has 2 aliphatic heterocycles. The van der Waals surface area contributed by atoms with Crippen LogP contribution < -0.4 is 0 Å². The zero-order chi connectivity index (χ0) is 17.1. The number of piperidine rings is 1. The summed E-state index contributed by atoms with van der Waals surface area (Å²) in [6.07, 6.45) is 2.45. The highest BCUT2D eigenvalue weighted by Crippen LogP contribution is 2.33. The minimum absolute atomic E-state index is 0.126. The van der Waals surface area contributed by atoms with Crippen molar-refractivity contribution in [3.8, 4) is 0 Å². The van der Waals surface area contributed by atoms with Crippen molar-refractivity contribution >= 4 is 23.6 Å². The van der Waals surface area contributed by atoms with Crippen molar-refractivity contribution in [2.75, 3.05) is 26.2 Å². The van der Waals surface area contributed by atoms with E-state index >= 15 is 0 Å². The largest absolute Gasteiger partial charge is 0.342 e. The molecule has 0 saturated carbocycles. The lowest BCUT2D eigenvalue weighted by molar-refractivity contribution is -0.136. The molecule has 5 heteroatoms. The Hall–Kier alpha value is -1.49. The second-order valence-corrected chi connectivity index (χ2v) is 8.08. The Morgan fingerprint density at radius 3 is 2.58 bits per heavy atom. The Morgan fingerprint density at radius 2 is 1.96 bits per heavy atom. The molecule has 4 nitrogen and oxygen atoms in total. The quantitative estimate of drug-likeness (QED) is 0.842. The first-order valence-corrected chi connectivity index (χ1v) is 9.75. The molecule has 0 aliphatic carbocycles. The van der Waals surface area contributed by atoms with Gasteiger partial charge in [-0.1, -0.05) is 18.2 Å². The van der Waals surface area contributed by atoms with Crippen molar-refractivity contribution in [3.63, 3.8) is 0 Å². The molecule has 24 heavy (non-hydrogen) atoms. The van der Waals surface area contributed by atoms with Crippen LogP contribution in [-0.4, -0.2) is 53.0 Å². The van der Waals surface area contributed by atoms with Crippen LogP contribution in [0.4, 0.5) is 0 Å². The third-order valence-corrected chi connectivity index (χ3v) is 6.60. The molecule has 0 N–H and O–H groups in total. The van der Waals surface area contributed by atoms with E-state index < -0.39 is 0 Å². The monoisotopic (exact) mass is 346 g/mol. The number of rotatable bonds is 4. The molecule has 2 aliphatic rings. The Kier molecular flexibility index (Phi) is 5.49. The van der Waals surface area contributed by atoms with E-state index in [-0.39, 0.29) is 17.7 Å². The molecule has 2 fully saturated rings. The molecule has 1 aromatic rings. The second kappa shape index (κ2) is 7.60. The van der Waals surface area contributed by atoms with E-state index in [9.17, 15) is 9.59 Å². The van der Waals surface area contributed by atoms with Gasteiger partial charge in [0.15, 0.2) is 0 Å². The molecule has 1 atom stereocenters. The molecule has 0 unspecified atom stereocenters. The number of nitrogens with zero attached hydrogens (tertiary/aromatic N) is 2. The first kappa shape index (κ1) is 17.3. The molecule has 0 spiro atoms. The molecule has 1 aromatic carbocycles.